The summed E-state index contributed by atoms with van der Waals surface area (Å²) in [7, 11) is 1.57. The van der Waals surface area contributed by atoms with Gasteiger partial charge in [0.15, 0.2) is 11.5 Å². The van der Waals surface area contributed by atoms with Crippen molar-refractivity contribution >= 4 is 11.8 Å². The van der Waals surface area contributed by atoms with Crippen molar-refractivity contribution in [3.63, 3.8) is 0 Å². The molecule has 0 saturated heterocycles. The molecule has 1 aromatic carbocycles. The highest BCUT2D eigenvalue weighted by Crippen LogP contribution is 2.21. The zero-order chi connectivity index (χ0) is 17.7. The molecule has 1 aromatic heterocycles. The number of amides is 2. The van der Waals surface area contributed by atoms with E-state index in [0.717, 1.165) is 11.1 Å². The van der Waals surface area contributed by atoms with E-state index in [1.807, 2.05) is 45.0 Å². The van der Waals surface area contributed by atoms with E-state index in [9.17, 15) is 9.59 Å². The van der Waals surface area contributed by atoms with Crippen molar-refractivity contribution in [1.29, 1.82) is 0 Å². The fraction of sp³-hybridized carbons (Fsp3) is 0.389. The number of nitrogens with one attached hydrogen (secondary N) is 1. The predicted octanol–water partition coefficient (Wildman–Crippen LogP) is 2.49. The molecule has 2 rings (SSSR count). The second kappa shape index (κ2) is 7.77. The maximum Gasteiger partial charge on any atom is 0.276 e. The van der Waals surface area contributed by atoms with Gasteiger partial charge in [-0.3, -0.25) is 9.59 Å². The summed E-state index contributed by atoms with van der Waals surface area (Å²) in [6, 6.07) is 9.34. The third-order valence-electron chi connectivity index (χ3n) is 3.50. The monoisotopic (exact) mass is 329 g/mol. The van der Waals surface area contributed by atoms with Crippen molar-refractivity contribution in [2.45, 2.75) is 20.8 Å². The van der Waals surface area contributed by atoms with Crippen LogP contribution < -0.4 is 5.32 Å². The molecule has 0 saturated carbocycles. The number of aromatic nitrogens is 1. The molecule has 0 aliphatic carbocycles. The van der Waals surface area contributed by atoms with Gasteiger partial charge in [0.2, 0.25) is 5.91 Å². The van der Waals surface area contributed by atoms with Gasteiger partial charge in [-0.15, -0.1) is 0 Å². The lowest BCUT2D eigenvalue weighted by Gasteiger charge is -2.15. The molecular weight excluding hydrogens is 306 g/mol. The number of rotatable bonds is 6. The zero-order valence-electron chi connectivity index (χ0n) is 14.5. The van der Waals surface area contributed by atoms with E-state index in [0.29, 0.717) is 18.2 Å². The fourth-order valence-corrected chi connectivity index (χ4v) is 2.09. The molecule has 0 bridgehead atoms. The van der Waals surface area contributed by atoms with Crippen molar-refractivity contribution < 1.29 is 14.1 Å². The maximum absolute atomic E-state index is 12.3. The summed E-state index contributed by atoms with van der Waals surface area (Å²) in [5.41, 5.74) is 2.18. The summed E-state index contributed by atoms with van der Waals surface area (Å²) in [5.74, 6) is 0.345. The fourth-order valence-electron chi connectivity index (χ4n) is 2.09. The average Bonchev–Trinajstić information content (AvgIpc) is 3.02. The molecule has 2 aromatic rings. The Morgan fingerprint density at radius 2 is 1.92 bits per heavy atom. The summed E-state index contributed by atoms with van der Waals surface area (Å²) in [4.78, 5) is 25.5. The van der Waals surface area contributed by atoms with Crippen molar-refractivity contribution in [1.82, 2.24) is 15.4 Å². The number of hydrogen-bond acceptors (Lipinski definition) is 4. The molecule has 6 heteroatoms. The van der Waals surface area contributed by atoms with E-state index in [1.54, 1.807) is 13.1 Å². The molecule has 6 nitrogen and oxygen atoms in total. The Labute approximate surface area is 141 Å². The maximum atomic E-state index is 12.3. The standard InChI is InChI=1S/C18H23N3O3/c1-12(2)10-19-17(22)11-21(4)18(23)15-9-16(24-20-15)14-7-5-13(3)6-8-14/h5-9,12H,10-11H2,1-4H3,(H,19,22). The van der Waals surface area contributed by atoms with E-state index in [1.165, 1.54) is 4.90 Å². The predicted molar refractivity (Wildman–Crippen MR) is 91.5 cm³/mol. The van der Waals surface area contributed by atoms with E-state index in [-0.39, 0.29) is 24.1 Å². The molecule has 0 atom stereocenters. The first kappa shape index (κ1) is 17.7. The topological polar surface area (TPSA) is 75.4 Å². The van der Waals surface area contributed by atoms with Crippen LogP contribution in [0.15, 0.2) is 34.9 Å². The van der Waals surface area contributed by atoms with Crippen LogP contribution in [0, 0.1) is 12.8 Å². The zero-order valence-corrected chi connectivity index (χ0v) is 14.5. The van der Waals surface area contributed by atoms with E-state index in [2.05, 4.69) is 10.5 Å². The minimum Gasteiger partial charge on any atom is -0.355 e. The molecule has 128 valence electrons. The van der Waals surface area contributed by atoms with Crippen molar-refractivity contribution in [3.05, 3.63) is 41.6 Å². The molecule has 1 heterocycles. The minimum absolute atomic E-state index is 0.0156. The third-order valence-corrected chi connectivity index (χ3v) is 3.50. The van der Waals surface area contributed by atoms with Gasteiger partial charge in [-0.25, -0.2) is 0 Å². The number of likely N-dealkylation sites (N-methyl/N-ethyl adjacent to an activating group) is 1. The van der Waals surface area contributed by atoms with Crippen LogP contribution in [-0.2, 0) is 4.79 Å². The van der Waals surface area contributed by atoms with E-state index in [4.69, 9.17) is 4.52 Å². The Kier molecular flexibility index (Phi) is 5.73. The average molecular weight is 329 g/mol. The summed E-state index contributed by atoms with van der Waals surface area (Å²) in [6.07, 6.45) is 0. The molecular formula is C18H23N3O3. The van der Waals surface area contributed by atoms with Gasteiger partial charge in [-0.05, 0) is 12.8 Å². The van der Waals surface area contributed by atoms with Crippen molar-refractivity contribution in [2.24, 2.45) is 5.92 Å². The largest absolute Gasteiger partial charge is 0.355 e. The molecule has 0 fully saturated rings. The van der Waals surface area contributed by atoms with Crippen LogP contribution in [0.4, 0.5) is 0 Å². The molecule has 24 heavy (non-hydrogen) atoms. The van der Waals surface area contributed by atoms with Crippen LogP contribution in [0.25, 0.3) is 11.3 Å². The first-order chi connectivity index (χ1) is 11.4. The first-order valence-corrected chi connectivity index (χ1v) is 7.92. The van der Waals surface area contributed by atoms with Gasteiger partial charge in [-0.2, -0.15) is 0 Å². The highest BCUT2D eigenvalue weighted by atomic mass is 16.5. The molecule has 0 aliphatic heterocycles. The Morgan fingerprint density at radius 1 is 1.25 bits per heavy atom. The van der Waals surface area contributed by atoms with Gasteiger partial charge in [0.1, 0.15) is 0 Å². The quantitative estimate of drug-likeness (QED) is 0.883. The number of benzene rings is 1. The Balaban J connectivity index is 1.99. The second-order valence-corrected chi connectivity index (χ2v) is 6.30. The smallest absolute Gasteiger partial charge is 0.276 e. The van der Waals surface area contributed by atoms with Crippen LogP contribution in [0.2, 0.25) is 0 Å². The normalized spacial score (nSPS) is 10.7. The van der Waals surface area contributed by atoms with Gasteiger partial charge < -0.3 is 14.7 Å². The van der Waals surface area contributed by atoms with Crippen LogP contribution in [-0.4, -0.2) is 42.0 Å². The summed E-state index contributed by atoms with van der Waals surface area (Å²) in [6.45, 7) is 6.59. The lowest BCUT2D eigenvalue weighted by molar-refractivity contribution is -0.121. The highest BCUT2D eigenvalue weighted by molar-refractivity contribution is 5.95. The molecule has 0 unspecified atom stereocenters. The Hall–Kier alpha value is -2.63. The summed E-state index contributed by atoms with van der Waals surface area (Å²) < 4.78 is 5.25. The summed E-state index contributed by atoms with van der Waals surface area (Å²) in [5, 5.41) is 6.60. The van der Waals surface area contributed by atoms with Crippen molar-refractivity contribution in [2.75, 3.05) is 20.1 Å². The lowest BCUT2D eigenvalue weighted by Crippen LogP contribution is -2.39. The Morgan fingerprint density at radius 3 is 2.54 bits per heavy atom. The molecule has 0 spiro atoms. The van der Waals surface area contributed by atoms with Gasteiger partial charge in [0.05, 0.1) is 6.54 Å². The minimum atomic E-state index is -0.350. The van der Waals surface area contributed by atoms with Gasteiger partial charge >= 0.3 is 0 Å². The number of aryl methyl sites for hydroxylation is 1. The van der Waals surface area contributed by atoms with Gasteiger partial charge in [-0.1, -0.05) is 48.8 Å². The Bertz CT molecular complexity index is 705. The number of hydrogen-bond donors (Lipinski definition) is 1. The van der Waals surface area contributed by atoms with E-state index < -0.39 is 0 Å². The number of nitrogens with zero attached hydrogens (tertiary/aromatic N) is 2. The van der Waals surface area contributed by atoms with Crippen LogP contribution >= 0.6 is 0 Å². The molecule has 0 radical (unpaired) electrons. The van der Waals surface area contributed by atoms with Crippen molar-refractivity contribution in [3.8, 4) is 11.3 Å². The molecule has 2 amide bonds. The SMILES string of the molecule is Cc1ccc(-c2cc(C(=O)N(C)CC(=O)NCC(C)C)no2)cc1. The second-order valence-electron chi connectivity index (χ2n) is 6.30. The third kappa shape index (κ3) is 4.68. The molecule has 0 aliphatic rings. The van der Waals surface area contributed by atoms with Crippen LogP contribution in [0.3, 0.4) is 0 Å². The van der Waals surface area contributed by atoms with Gasteiger partial charge in [0, 0.05) is 25.2 Å². The van der Waals surface area contributed by atoms with Gasteiger partial charge in [0.25, 0.3) is 5.91 Å². The lowest BCUT2D eigenvalue weighted by atomic mass is 10.1. The van der Waals surface area contributed by atoms with E-state index >= 15 is 0 Å². The summed E-state index contributed by atoms with van der Waals surface area (Å²) >= 11 is 0. The highest BCUT2D eigenvalue weighted by Gasteiger charge is 2.19. The van der Waals surface area contributed by atoms with Crippen LogP contribution in [0.1, 0.15) is 29.9 Å². The first-order valence-electron chi connectivity index (χ1n) is 7.92. The van der Waals surface area contributed by atoms with Crippen LogP contribution in [0.5, 0.6) is 0 Å². The molecule has 1 N–H and O–H groups in total. The number of carbonyl (C=O) groups is 2. The number of carbonyl (C=O) groups excluding carboxylic acids is 2.